The third-order valence-electron chi connectivity index (χ3n) is 5.36. The number of rotatable bonds is 7. The van der Waals surface area contributed by atoms with E-state index in [-0.39, 0.29) is 5.91 Å². The van der Waals surface area contributed by atoms with Crippen molar-refractivity contribution in [1.82, 2.24) is 20.3 Å². The molecule has 0 aliphatic heterocycles. The fraction of sp³-hybridized carbons (Fsp3) is 0.348. The number of carbonyl (C=O) groups is 1. The summed E-state index contributed by atoms with van der Waals surface area (Å²) < 4.78 is 7.12. The van der Waals surface area contributed by atoms with Crippen LogP contribution in [-0.2, 0) is 6.54 Å². The lowest BCUT2D eigenvalue weighted by Gasteiger charge is -2.13. The Labute approximate surface area is 170 Å². The van der Waals surface area contributed by atoms with Crippen molar-refractivity contribution in [1.29, 1.82) is 0 Å². The zero-order valence-electron chi connectivity index (χ0n) is 16.7. The third-order valence-corrected chi connectivity index (χ3v) is 5.36. The summed E-state index contributed by atoms with van der Waals surface area (Å²) in [5.74, 6) is 0.750. The number of allylic oxidation sites excluding steroid dienone is 1. The zero-order chi connectivity index (χ0) is 20.1. The number of hydrogen-bond acceptors (Lipinski definition) is 4. The van der Waals surface area contributed by atoms with Gasteiger partial charge in [0.15, 0.2) is 0 Å². The summed E-state index contributed by atoms with van der Waals surface area (Å²) in [6, 6.07) is 13.4. The Kier molecular flexibility index (Phi) is 5.89. The van der Waals surface area contributed by atoms with Crippen LogP contribution in [-0.4, -0.2) is 34.6 Å². The van der Waals surface area contributed by atoms with Crippen LogP contribution in [0.3, 0.4) is 0 Å². The smallest absolute Gasteiger partial charge is 0.251 e. The monoisotopic (exact) mass is 390 g/mol. The lowest BCUT2D eigenvalue weighted by molar-refractivity contribution is 0.0954. The molecule has 1 amide bonds. The van der Waals surface area contributed by atoms with Gasteiger partial charge >= 0.3 is 0 Å². The van der Waals surface area contributed by atoms with Gasteiger partial charge in [0.25, 0.3) is 5.91 Å². The maximum atomic E-state index is 12.5. The molecule has 0 saturated heterocycles. The molecule has 1 aromatic heterocycles. The predicted molar refractivity (Wildman–Crippen MR) is 113 cm³/mol. The molecule has 150 valence electrons. The van der Waals surface area contributed by atoms with Crippen LogP contribution >= 0.6 is 0 Å². The van der Waals surface area contributed by atoms with Crippen molar-refractivity contribution in [3.05, 3.63) is 65.2 Å². The average Bonchev–Trinajstić information content (AvgIpc) is 3.16. The molecule has 0 fully saturated rings. The Hall–Kier alpha value is -3.15. The van der Waals surface area contributed by atoms with Gasteiger partial charge in [-0.25, -0.2) is 4.68 Å². The van der Waals surface area contributed by atoms with Crippen molar-refractivity contribution in [3.63, 3.8) is 0 Å². The summed E-state index contributed by atoms with van der Waals surface area (Å²) in [6.45, 7) is 1.26. The van der Waals surface area contributed by atoms with Crippen LogP contribution in [0.4, 0.5) is 0 Å². The molecule has 0 atom stereocenters. The van der Waals surface area contributed by atoms with Crippen molar-refractivity contribution in [2.75, 3.05) is 13.7 Å². The molecule has 0 radical (unpaired) electrons. The molecule has 3 aromatic rings. The highest BCUT2D eigenvalue weighted by Crippen LogP contribution is 2.20. The van der Waals surface area contributed by atoms with E-state index in [0.717, 1.165) is 35.2 Å². The van der Waals surface area contributed by atoms with Crippen LogP contribution in [0, 0.1) is 0 Å². The SMILES string of the molecule is COc1cccc(Cn2nnc3cc(C(=O)NCCC4=CCCCC4)ccc32)c1. The molecule has 0 saturated carbocycles. The first-order chi connectivity index (χ1) is 14.2. The molecule has 1 aliphatic rings. The number of nitrogens with one attached hydrogen (secondary N) is 1. The molecule has 6 nitrogen and oxygen atoms in total. The number of methoxy groups -OCH3 is 1. The Balaban J connectivity index is 1.41. The predicted octanol–water partition coefficient (Wildman–Crippen LogP) is 4.11. The quantitative estimate of drug-likeness (QED) is 0.617. The largest absolute Gasteiger partial charge is 0.497 e. The number of fused-ring (bicyclic) bond motifs is 1. The molecule has 6 heteroatoms. The minimum atomic E-state index is -0.0642. The maximum Gasteiger partial charge on any atom is 0.251 e. The molecular formula is C23H26N4O2. The number of hydrogen-bond donors (Lipinski definition) is 1. The highest BCUT2D eigenvalue weighted by atomic mass is 16.5. The van der Waals surface area contributed by atoms with E-state index in [1.807, 2.05) is 41.1 Å². The number of aromatic nitrogens is 3. The molecule has 2 aromatic carbocycles. The minimum absolute atomic E-state index is 0.0642. The second-order valence-corrected chi connectivity index (χ2v) is 7.42. The Morgan fingerprint density at radius 1 is 1.21 bits per heavy atom. The van der Waals surface area contributed by atoms with E-state index in [1.54, 1.807) is 13.2 Å². The van der Waals surface area contributed by atoms with Gasteiger partial charge in [-0.1, -0.05) is 29.0 Å². The third kappa shape index (κ3) is 4.65. The van der Waals surface area contributed by atoms with Gasteiger partial charge in [0.2, 0.25) is 0 Å². The average molecular weight is 390 g/mol. The van der Waals surface area contributed by atoms with Crippen LogP contribution in [0.25, 0.3) is 11.0 Å². The lowest BCUT2D eigenvalue weighted by atomic mass is 9.97. The van der Waals surface area contributed by atoms with E-state index >= 15 is 0 Å². The zero-order valence-corrected chi connectivity index (χ0v) is 16.7. The molecule has 0 spiro atoms. The van der Waals surface area contributed by atoms with Crippen LogP contribution in [0.1, 0.15) is 48.0 Å². The molecule has 0 unspecified atom stereocenters. The first kappa shape index (κ1) is 19.2. The highest BCUT2D eigenvalue weighted by Gasteiger charge is 2.11. The van der Waals surface area contributed by atoms with E-state index in [1.165, 1.54) is 24.8 Å². The van der Waals surface area contributed by atoms with Crippen LogP contribution in [0.5, 0.6) is 5.75 Å². The molecule has 0 bridgehead atoms. The van der Waals surface area contributed by atoms with E-state index in [2.05, 4.69) is 21.7 Å². The minimum Gasteiger partial charge on any atom is -0.497 e. The van der Waals surface area contributed by atoms with Gasteiger partial charge in [-0.15, -0.1) is 5.10 Å². The molecule has 1 N–H and O–H groups in total. The van der Waals surface area contributed by atoms with Crippen molar-refractivity contribution >= 4 is 16.9 Å². The summed E-state index contributed by atoms with van der Waals surface area (Å²) in [4.78, 5) is 12.5. The van der Waals surface area contributed by atoms with Gasteiger partial charge in [-0.3, -0.25) is 4.79 Å². The Morgan fingerprint density at radius 3 is 2.97 bits per heavy atom. The number of carbonyl (C=O) groups excluding carboxylic acids is 1. The first-order valence-electron chi connectivity index (χ1n) is 10.2. The Morgan fingerprint density at radius 2 is 2.14 bits per heavy atom. The summed E-state index contributed by atoms with van der Waals surface area (Å²) in [5.41, 5.74) is 4.78. The van der Waals surface area contributed by atoms with E-state index in [9.17, 15) is 4.79 Å². The van der Waals surface area contributed by atoms with Gasteiger partial charge in [-0.05, 0) is 68.0 Å². The summed E-state index contributed by atoms with van der Waals surface area (Å²) in [7, 11) is 1.66. The van der Waals surface area contributed by atoms with Crippen LogP contribution in [0.2, 0.25) is 0 Å². The molecule has 1 heterocycles. The molecular weight excluding hydrogens is 364 g/mol. The van der Waals surface area contributed by atoms with Crippen molar-refractivity contribution in [2.45, 2.75) is 38.6 Å². The van der Waals surface area contributed by atoms with Crippen LogP contribution < -0.4 is 10.1 Å². The van der Waals surface area contributed by atoms with Gasteiger partial charge in [0.05, 0.1) is 19.2 Å². The molecule has 4 rings (SSSR count). The Bertz CT molecular complexity index is 1040. The first-order valence-corrected chi connectivity index (χ1v) is 10.2. The lowest BCUT2D eigenvalue weighted by Crippen LogP contribution is -2.24. The normalized spacial score (nSPS) is 13.9. The van der Waals surface area contributed by atoms with Crippen molar-refractivity contribution in [3.8, 4) is 5.75 Å². The summed E-state index contributed by atoms with van der Waals surface area (Å²) in [5, 5.41) is 11.5. The number of nitrogens with zero attached hydrogens (tertiary/aromatic N) is 3. The topological polar surface area (TPSA) is 69.0 Å². The summed E-state index contributed by atoms with van der Waals surface area (Å²) >= 11 is 0. The number of benzene rings is 2. The van der Waals surface area contributed by atoms with Crippen molar-refractivity contribution < 1.29 is 9.53 Å². The second-order valence-electron chi connectivity index (χ2n) is 7.42. The van der Waals surface area contributed by atoms with Gasteiger partial charge in [0, 0.05) is 12.1 Å². The maximum absolute atomic E-state index is 12.5. The molecule has 1 aliphatic carbocycles. The fourth-order valence-electron chi connectivity index (χ4n) is 3.74. The highest BCUT2D eigenvalue weighted by molar-refractivity contribution is 5.97. The standard InChI is InChI=1S/C23H26N4O2/c1-29-20-9-5-8-18(14-20)16-27-22-11-10-19(15-21(22)25-26-27)23(28)24-13-12-17-6-3-2-4-7-17/h5-6,8-11,14-15H,2-4,7,12-13,16H2,1H3,(H,24,28). The fourth-order valence-corrected chi connectivity index (χ4v) is 3.74. The van der Waals surface area contributed by atoms with Crippen molar-refractivity contribution in [2.24, 2.45) is 0 Å². The second kappa shape index (κ2) is 8.90. The van der Waals surface area contributed by atoms with E-state index < -0.39 is 0 Å². The van der Waals surface area contributed by atoms with Crippen LogP contribution in [0.15, 0.2) is 54.1 Å². The van der Waals surface area contributed by atoms with E-state index in [4.69, 9.17) is 4.74 Å². The van der Waals surface area contributed by atoms with Gasteiger partial charge in [0.1, 0.15) is 11.3 Å². The van der Waals surface area contributed by atoms with Gasteiger partial charge < -0.3 is 10.1 Å². The summed E-state index contributed by atoms with van der Waals surface area (Å²) in [6.07, 6.45) is 8.15. The number of amides is 1. The molecule has 29 heavy (non-hydrogen) atoms. The number of ether oxygens (including phenoxy) is 1. The van der Waals surface area contributed by atoms with Gasteiger partial charge in [-0.2, -0.15) is 0 Å². The van der Waals surface area contributed by atoms with E-state index in [0.29, 0.717) is 18.7 Å².